The van der Waals surface area contributed by atoms with Crippen LogP contribution in [-0.2, 0) is 9.59 Å². The van der Waals surface area contributed by atoms with Gasteiger partial charge < -0.3 is 15.1 Å². The third kappa shape index (κ3) is 4.06. The van der Waals surface area contributed by atoms with Crippen LogP contribution >= 0.6 is 0 Å². The molecule has 2 aromatic carbocycles. The van der Waals surface area contributed by atoms with E-state index in [9.17, 15) is 19.7 Å². The number of anilines is 2. The van der Waals surface area contributed by atoms with Crippen LogP contribution in [0, 0.1) is 10.1 Å². The number of benzene rings is 2. The Morgan fingerprint density at radius 2 is 1.56 bits per heavy atom. The number of nitro groups is 1. The average molecular weight is 435 g/mol. The number of carbonyl (C=O) groups excluding carboxylic acids is 2. The van der Waals surface area contributed by atoms with Crippen molar-refractivity contribution in [3.05, 3.63) is 69.9 Å². The molecule has 1 fully saturated rings. The van der Waals surface area contributed by atoms with Crippen LogP contribution in [0.25, 0.3) is 5.57 Å². The van der Waals surface area contributed by atoms with E-state index in [1.165, 1.54) is 31.3 Å². The quantitative estimate of drug-likeness (QED) is 0.423. The van der Waals surface area contributed by atoms with E-state index >= 15 is 0 Å². The van der Waals surface area contributed by atoms with Crippen LogP contribution in [0.1, 0.15) is 12.5 Å². The lowest BCUT2D eigenvalue weighted by atomic mass is 10.0. The van der Waals surface area contributed by atoms with Crippen LogP contribution in [0.3, 0.4) is 0 Å². The van der Waals surface area contributed by atoms with Crippen molar-refractivity contribution < 1.29 is 14.5 Å². The summed E-state index contributed by atoms with van der Waals surface area (Å²) in [5, 5.41) is 14.0. The van der Waals surface area contributed by atoms with Crippen molar-refractivity contribution in [2.45, 2.75) is 6.92 Å². The Hall–Kier alpha value is -3.72. The van der Waals surface area contributed by atoms with Gasteiger partial charge in [0.2, 0.25) is 0 Å². The monoisotopic (exact) mass is 435 g/mol. The van der Waals surface area contributed by atoms with Gasteiger partial charge >= 0.3 is 0 Å². The molecule has 166 valence electrons. The van der Waals surface area contributed by atoms with Crippen molar-refractivity contribution in [3.8, 4) is 0 Å². The van der Waals surface area contributed by atoms with Gasteiger partial charge in [-0.3, -0.25) is 24.6 Å². The summed E-state index contributed by atoms with van der Waals surface area (Å²) in [6, 6.07) is 13.4. The van der Waals surface area contributed by atoms with Crippen LogP contribution in [-0.4, -0.2) is 66.3 Å². The highest BCUT2D eigenvalue weighted by molar-refractivity contribution is 6.36. The predicted octanol–water partition coefficient (Wildman–Crippen LogP) is 2.56. The Kier molecular flexibility index (Phi) is 5.91. The number of piperazine rings is 1. The van der Waals surface area contributed by atoms with Crippen molar-refractivity contribution in [3.63, 3.8) is 0 Å². The summed E-state index contributed by atoms with van der Waals surface area (Å²) in [7, 11) is 1.42. The molecular weight excluding hydrogens is 410 g/mol. The molecule has 0 aliphatic carbocycles. The molecule has 0 radical (unpaired) electrons. The molecule has 1 saturated heterocycles. The third-order valence-corrected chi connectivity index (χ3v) is 5.98. The lowest BCUT2D eigenvalue weighted by Crippen LogP contribution is -2.46. The molecule has 9 nitrogen and oxygen atoms in total. The molecule has 2 aliphatic rings. The van der Waals surface area contributed by atoms with Gasteiger partial charge in [-0.1, -0.05) is 6.92 Å². The van der Waals surface area contributed by atoms with Gasteiger partial charge in [-0.05, 0) is 48.5 Å². The molecule has 0 saturated carbocycles. The smallest absolute Gasteiger partial charge is 0.277 e. The first-order chi connectivity index (χ1) is 15.4. The molecule has 1 N–H and O–H groups in total. The summed E-state index contributed by atoms with van der Waals surface area (Å²) >= 11 is 0. The van der Waals surface area contributed by atoms with Gasteiger partial charge in [-0.2, -0.15) is 0 Å². The topological polar surface area (TPSA) is 99.0 Å². The number of nitrogens with one attached hydrogen (secondary N) is 1. The van der Waals surface area contributed by atoms with E-state index in [2.05, 4.69) is 22.0 Å². The van der Waals surface area contributed by atoms with E-state index in [-0.39, 0.29) is 17.0 Å². The number of likely N-dealkylation sites (N-methyl/N-ethyl adjacent to an activating group) is 2. The molecule has 2 aromatic rings. The third-order valence-electron chi connectivity index (χ3n) is 5.98. The Balaban J connectivity index is 1.57. The highest BCUT2D eigenvalue weighted by Crippen LogP contribution is 2.31. The van der Waals surface area contributed by atoms with E-state index in [1.54, 1.807) is 0 Å². The minimum Gasteiger partial charge on any atom is -0.369 e. The number of rotatable bonds is 6. The van der Waals surface area contributed by atoms with Crippen LogP contribution < -0.4 is 10.2 Å². The minimum absolute atomic E-state index is 0.0793. The number of non-ortho nitro benzene ring substituents is 1. The molecule has 0 atom stereocenters. The van der Waals surface area contributed by atoms with Gasteiger partial charge in [0.25, 0.3) is 17.5 Å². The number of nitrogens with zero attached hydrogens (tertiary/aromatic N) is 4. The molecule has 0 unspecified atom stereocenters. The summed E-state index contributed by atoms with van der Waals surface area (Å²) in [6.45, 7) is 7.23. The largest absolute Gasteiger partial charge is 0.369 e. The summed E-state index contributed by atoms with van der Waals surface area (Å²) in [4.78, 5) is 41.6. The molecule has 2 aliphatic heterocycles. The molecule has 2 heterocycles. The molecule has 2 amide bonds. The summed E-state index contributed by atoms with van der Waals surface area (Å²) < 4.78 is 0. The zero-order valence-corrected chi connectivity index (χ0v) is 18.1. The lowest BCUT2D eigenvalue weighted by molar-refractivity contribution is -0.384. The molecule has 0 spiro atoms. The second-order valence-corrected chi connectivity index (χ2v) is 7.82. The number of carbonyl (C=O) groups is 2. The summed E-state index contributed by atoms with van der Waals surface area (Å²) in [5.41, 5.74) is 2.53. The molecule has 9 heteroatoms. The molecule has 0 aromatic heterocycles. The maximum atomic E-state index is 12.7. The zero-order chi connectivity index (χ0) is 22.8. The van der Waals surface area contributed by atoms with Crippen molar-refractivity contribution in [2.24, 2.45) is 0 Å². The molecule has 0 bridgehead atoms. The Labute approximate surface area is 186 Å². The van der Waals surface area contributed by atoms with Gasteiger partial charge in [-0.15, -0.1) is 0 Å². The maximum Gasteiger partial charge on any atom is 0.277 e. The fraction of sp³-hybridized carbons (Fsp3) is 0.304. The predicted molar refractivity (Wildman–Crippen MR) is 122 cm³/mol. The van der Waals surface area contributed by atoms with Crippen molar-refractivity contribution >= 4 is 34.4 Å². The Morgan fingerprint density at radius 1 is 0.938 bits per heavy atom. The first-order valence-electron chi connectivity index (χ1n) is 10.5. The number of hydrogen-bond donors (Lipinski definition) is 1. The normalized spacial score (nSPS) is 17.3. The van der Waals surface area contributed by atoms with Gasteiger partial charge in [-0.25, -0.2) is 0 Å². The minimum atomic E-state index is -0.505. The SMILES string of the molecule is CCN1CCN(c2ccc(NC3=C(c4ccc([N+](=O)[O-])cc4)C(=O)N(C)C3=O)cc2)CC1. The van der Waals surface area contributed by atoms with Crippen LogP contribution in [0.15, 0.2) is 54.2 Å². The fourth-order valence-corrected chi connectivity index (χ4v) is 4.00. The standard InChI is InChI=1S/C23H25N5O4/c1-3-26-12-14-27(15-13-26)18-10-6-17(7-11-18)24-21-20(22(29)25(2)23(21)30)16-4-8-19(9-5-16)28(31)32/h4-11,24H,3,12-15H2,1-2H3. The first kappa shape index (κ1) is 21.5. The van der Waals surface area contributed by atoms with E-state index in [0.717, 1.165) is 43.3 Å². The van der Waals surface area contributed by atoms with Gasteiger partial charge in [0, 0.05) is 56.7 Å². The molecule has 4 rings (SSSR count). The highest BCUT2D eigenvalue weighted by Gasteiger charge is 2.37. The number of hydrogen-bond acceptors (Lipinski definition) is 7. The van der Waals surface area contributed by atoms with Gasteiger partial charge in [0.1, 0.15) is 5.70 Å². The average Bonchev–Trinajstić information content (AvgIpc) is 3.03. The highest BCUT2D eigenvalue weighted by atomic mass is 16.6. The second-order valence-electron chi connectivity index (χ2n) is 7.82. The van der Waals surface area contributed by atoms with E-state index in [1.807, 2.05) is 24.3 Å². The summed E-state index contributed by atoms with van der Waals surface area (Å²) in [5.74, 6) is -0.889. The Morgan fingerprint density at radius 3 is 2.12 bits per heavy atom. The van der Waals surface area contributed by atoms with Crippen LogP contribution in [0.5, 0.6) is 0 Å². The molecular formula is C23H25N5O4. The van der Waals surface area contributed by atoms with Crippen LogP contribution in [0.4, 0.5) is 17.1 Å². The zero-order valence-electron chi connectivity index (χ0n) is 18.1. The molecule has 32 heavy (non-hydrogen) atoms. The Bertz CT molecular complexity index is 1070. The van der Waals surface area contributed by atoms with Crippen molar-refractivity contribution in [1.29, 1.82) is 0 Å². The number of imide groups is 1. The van der Waals surface area contributed by atoms with E-state index < -0.39 is 16.7 Å². The lowest BCUT2D eigenvalue weighted by Gasteiger charge is -2.35. The van der Waals surface area contributed by atoms with E-state index in [0.29, 0.717) is 11.3 Å². The number of amides is 2. The van der Waals surface area contributed by atoms with E-state index in [4.69, 9.17) is 0 Å². The number of nitro benzene ring substituents is 1. The maximum absolute atomic E-state index is 12.7. The van der Waals surface area contributed by atoms with Crippen molar-refractivity contribution in [2.75, 3.05) is 50.0 Å². The second kappa shape index (κ2) is 8.80. The first-order valence-corrected chi connectivity index (χ1v) is 10.5. The van der Waals surface area contributed by atoms with Crippen LogP contribution in [0.2, 0.25) is 0 Å². The fourth-order valence-electron chi connectivity index (χ4n) is 4.00. The van der Waals surface area contributed by atoms with Gasteiger partial charge in [0.15, 0.2) is 0 Å². The summed E-state index contributed by atoms with van der Waals surface area (Å²) in [6.07, 6.45) is 0. The van der Waals surface area contributed by atoms with Crippen molar-refractivity contribution in [1.82, 2.24) is 9.80 Å². The van der Waals surface area contributed by atoms with Gasteiger partial charge in [0.05, 0.1) is 10.5 Å².